The van der Waals surface area contributed by atoms with E-state index in [0.717, 1.165) is 19.4 Å². The second kappa shape index (κ2) is 7.50. The predicted molar refractivity (Wildman–Crippen MR) is 54.0 cm³/mol. The van der Waals surface area contributed by atoms with Crippen LogP contribution < -0.4 is 5.32 Å². The van der Waals surface area contributed by atoms with E-state index in [9.17, 15) is 9.59 Å². The van der Waals surface area contributed by atoms with Gasteiger partial charge in [-0.2, -0.15) is 0 Å². The van der Waals surface area contributed by atoms with Crippen LogP contribution in [0.5, 0.6) is 0 Å². The summed E-state index contributed by atoms with van der Waals surface area (Å²) in [5.41, 5.74) is 0. The number of carbonyl (C=O) groups is 2. The molecule has 0 spiro atoms. The fourth-order valence-corrected chi connectivity index (χ4v) is 1.12. The van der Waals surface area contributed by atoms with Gasteiger partial charge in [0.05, 0.1) is 7.11 Å². The molecule has 4 nitrogen and oxygen atoms in total. The Labute approximate surface area is 85.0 Å². The molecule has 4 heteroatoms. The SMILES string of the molecule is CCCCNC(CC(C)=O)C(=O)OC. The van der Waals surface area contributed by atoms with Crippen LogP contribution >= 0.6 is 0 Å². The Morgan fingerprint density at radius 2 is 2.07 bits per heavy atom. The third-order valence-corrected chi connectivity index (χ3v) is 1.90. The highest BCUT2D eigenvalue weighted by molar-refractivity contribution is 5.85. The summed E-state index contributed by atoms with van der Waals surface area (Å²) < 4.78 is 4.59. The summed E-state index contributed by atoms with van der Waals surface area (Å²) in [6.07, 6.45) is 2.25. The first kappa shape index (κ1) is 13.1. The second-order valence-corrected chi connectivity index (χ2v) is 3.29. The predicted octanol–water partition coefficient (Wildman–Crippen LogP) is 0.897. The molecule has 14 heavy (non-hydrogen) atoms. The van der Waals surface area contributed by atoms with Gasteiger partial charge in [0.25, 0.3) is 0 Å². The van der Waals surface area contributed by atoms with Gasteiger partial charge in [-0.1, -0.05) is 13.3 Å². The largest absolute Gasteiger partial charge is 0.468 e. The molecule has 0 saturated carbocycles. The van der Waals surface area contributed by atoms with Gasteiger partial charge in [0.1, 0.15) is 11.8 Å². The number of hydrogen-bond donors (Lipinski definition) is 1. The lowest BCUT2D eigenvalue weighted by Crippen LogP contribution is -2.39. The van der Waals surface area contributed by atoms with Gasteiger partial charge in [0.15, 0.2) is 0 Å². The molecule has 0 bridgehead atoms. The monoisotopic (exact) mass is 201 g/mol. The first-order chi connectivity index (χ1) is 6.61. The Kier molecular flexibility index (Phi) is 7.02. The molecule has 1 N–H and O–H groups in total. The van der Waals surface area contributed by atoms with Gasteiger partial charge in [-0.3, -0.25) is 9.59 Å². The summed E-state index contributed by atoms with van der Waals surface area (Å²) in [5.74, 6) is -0.374. The summed E-state index contributed by atoms with van der Waals surface area (Å²) in [5, 5.41) is 3.01. The Hall–Kier alpha value is -0.900. The number of rotatable bonds is 7. The van der Waals surface area contributed by atoms with Crippen LogP contribution in [-0.4, -0.2) is 31.4 Å². The highest BCUT2D eigenvalue weighted by Crippen LogP contribution is 1.97. The molecule has 0 aliphatic carbocycles. The molecule has 82 valence electrons. The number of nitrogens with one attached hydrogen (secondary N) is 1. The number of methoxy groups -OCH3 is 1. The molecular formula is C10H19NO3. The zero-order chi connectivity index (χ0) is 11.0. The van der Waals surface area contributed by atoms with Crippen LogP contribution in [0.4, 0.5) is 0 Å². The van der Waals surface area contributed by atoms with Gasteiger partial charge in [-0.25, -0.2) is 0 Å². The van der Waals surface area contributed by atoms with Crippen molar-refractivity contribution in [2.45, 2.75) is 39.2 Å². The molecular weight excluding hydrogens is 182 g/mol. The van der Waals surface area contributed by atoms with Gasteiger partial charge in [0, 0.05) is 6.42 Å². The van der Waals surface area contributed by atoms with E-state index in [4.69, 9.17) is 0 Å². The molecule has 0 radical (unpaired) electrons. The van der Waals surface area contributed by atoms with Gasteiger partial charge >= 0.3 is 5.97 Å². The lowest BCUT2D eigenvalue weighted by atomic mass is 10.1. The van der Waals surface area contributed by atoms with Crippen LogP contribution in [0.15, 0.2) is 0 Å². The Balaban J connectivity index is 3.97. The molecule has 1 atom stereocenters. The second-order valence-electron chi connectivity index (χ2n) is 3.29. The lowest BCUT2D eigenvalue weighted by Gasteiger charge is -2.14. The van der Waals surface area contributed by atoms with Crippen molar-refractivity contribution in [1.82, 2.24) is 5.32 Å². The van der Waals surface area contributed by atoms with E-state index in [2.05, 4.69) is 17.0 Å². The maximum Gasteiger partial charge on any atom is 0.323 e. The zero-order valence-corrected chi connectivity index (χ0v) is 9.13. The van der Waals surface area contributed by atoms with Crippen molar-refractivity contribution in [2.75, 3.05) is 13.7 Å². The van der Waals surface area contributed by atoms with E-state index in [-0.39, 0.29) is 18.2 Å². The molecule has 0 aromatic carbocycles. The summed E-state index contributed by atoms with van der Waals surface area (Å²) >= 11 is 0. The van der Waals surface area contributed by atoms with Crippen molar-refractivity contribution in [3.63, 3.8) is 0 Å². The molecule has 0 heterocycles. The third kappa shape index (κ3) is 5.70. The fraction of sp³-hybridized carbons (Fsp3) is 0.800. The van der Waals surface area contributed by atoms with E-state index >= 15 is 0 Å². The van der Waals surface area contributed by atoms with E-state index in [1.165, 1.54) is 14.0 Å². The molecule has 0 aliphatic rings. The van der Waals surface area contributed by atoms with E-state index in [1.807, 2.05) is 0 Å². The average molecular weight is 201 g/mol. The number of carbonyl (C=O) groups excluding carboxylic acids is 2. The Bertz CT molecular complexity index is 192. The van der Waals surface area contributed by atoms with Crippen molar-refractivity contribution in [3.8, 4) is 0 Å². The number of ketones is 1. The van der Waals surface area contributed by atoms with Crippen molar-refractivity contribution in [3.05, 3.63) is 0 Å². The van der Waals surface area contributed by atoms with Gasteiger partial charge in [0.2, 0.25) is 0 Å². The molecule has 0 saturated heterocycles. The molecule has 1 unspecified atom stereocenters. The highest BCUT2D eigenvalue weighted by Gasteiger charge is 2.19. The quantitative estimate of drug-likeness (QED) is 0.491. The molecule has 0 amide bonds. The standard InChI is InChI=1S/C10H19NO3/c1-4-5-6-11-9(7-8(2)12)10(13)14-3/h9,11H,4-7H2,1-3H3. The number of hydrogen-bond acceptors (Lipinski definition) is 4. The number of unbranched alkanes of at least 4 members (excludes halogenated alkanes) is 1. The van der Waals surface area contributed by atoms with Crippen LogP contribution in [-0.2, 0) is 14.3 Å². The van der Waals surface area contributed by atoms with E-state index < -0.39 is 6.04 Å². The average Bonchev–Trinajstić information content (AvgIpc) is 2.15. The molecule has 0 rings (SSSR count). The Morgan fingerprint density at radius 3 is 2.50 bits per heavy atom. The molecule has 0 aliphatic heterocycles. The lowest BCUT2D eigenvalue weighted by molar-refractivity contribution is -0.144. The van der Waals surface area contributed by atoms with Crippen molar-refractivity contribution < 1.29 is 14.3 Å². The maximum atomic E-state index is 11.2. The summed E-state index contributed by atoms with van der Waals surface area (Å²) in [4.78, 5) is 22.1. The van der Waals surface area contributed by atoms with Crippen LogP contribution in [0.3, 0.4) is 0 Å². The fourth-order valence-electron chi connectivity index (χ4n) is 1.12. The van der Waals surface area contributed by atoms with E-state index in [0.29, 0.717) is 0 Å². The summed E-state index contributed by atoms with van der Waals surface area (Å²) in [7, 11) is 1.33. The number of ether oxygens (including phenoxy) is 1. The first-order valence-electron chi connectivity index (χ1n) is 4.92. The van der Waals surface area contributed by atoms with Gasteiger partial charge in [-0.05, 0) is 19.9 Å². The summed E-state index contributed by atoms with van der Waals surface area (Å²) in [6.45, 7) is 4.28. The minimum Gasteiger partial charge on any atom is -0.468 e. The van der Waals surface area contributed by atoms with E-state index in [1.54, 1.807) is 0 Å². The van der Waals surface area contributed by atoms with Crippen LogP contribution in [0, 0.1) is 0 Å². The molecule has 0 fully saturated rings. The molecule has 0 aromatic heterocycles. The van der Waals surface area contributed by atoms with Crippen LogP contribution in [0.25, 0.3) is 0 Å². The molecule has 0 aromatic rings. The Morgan fingerprint density at radius 1 is 1.43 bits per heavy atom. The summed E-state index contributed by atoms with van der Waals surface area (Å²) in [6, 6.07) is -0.482. The van der Waals surface area contributed by atoms with Crippen molar-refractivity contribution in [2.24, 2.45) is 0 Å². The van der Waals surface area contributed by atoms with Crippen LogP contribution in [0.1, 0.15) is 33.1 Å². The van der Waals surface area contributed by atoms with Crippen molar-refractivity contribution in [1.29, 1.82) is 0 Å². The minimum absolute atomic E-state index is 0.00982. The first-order valence-corrected chi connectivity index (χ1v) is 4.92. The van der Waals surface area contributed by atoms with Crippen molar-refractivity contribution >= 4 is 11.8 Å². The maximum absolute atomic E-state index is 11.2. The van der Waals surface area contributed by atoms with Gasteiger partial charge < -0.3 is 10.1 Å². The van der Waals surface area contributed by atoms with Crippen LogP contribution in [0.2, 0.25) is 0 Å². The van der Waals surface area contributed by atoms with Gasteiger partial charge in [-0.15, -0.1) is 0 Å². The normalized spacial score (nSPS) is 12.2. The smallest absolute Gasteiger partial charge is 0.323 e. The highest BCUT2D eigenvalue weighted by atomic mass is 16.5. The zero-order valence-electron chi connectivity index (χ0n) is 9.13. The number of esters is 1. The third-order valence-electron chi connectivity index (χ3n) is 1.90. The topological polar surface area (TPSA) is 55.4 Å². The minimum atomic E-state index is -0.482. The number of Topliss-reactive ketones (excluding diaryl/α,β-unsaturated/α-hetero) is 1.